The molecule has 0 spiro atoms. The number of ketones is 1. The van der Waals surface area contributed by atoms with Crippen molar-refractivity contribution in [3.8, 4) is 0 Å². The molecule has 0 unspecified atom stereocenters. The van der Waals surface area contributed by atoms with Crippen molar-refractivity contribution >= 4 is 39.4 Å². The molecule has 1 aliphatic heterocycles. The third-order valence-corrected chi connectivity index (χ3v) is 6.32. The second-order valence-corrected chi connectivity index (χ2v) is 8.44. The molecule has 30 heavy (non-hydrogen) atoms. The Balaban J connectivity index is 1.45. The monoisotopic (exact) mass is 419 g/mol. The summed E-state index contributed by atoms with van der Waals surface area (Å²) >= 11 is 0. The van der Waals surface area contributed by atoms with Gasteiger partial charge in [0.15, 0.2) is 5.78 Å². The number of hydrogen-bond acceptors (Lipinski definition) is 5. The van der Waals surface area contributed by atoms with Gasteiger partial charge in [0.2, 0.25) is 0 Å². The maximum absolute atomic E-state index is 12.7. The zero-order valence-electron chi connectivity index (χ0n) is 15.7. The van der Waals surface area contributed by atoms with Crippen molar-refractivity contribution in [3.05, 3.63) is 90.0 Å². The van der Waals surface area contributed by atoms with Crippen LogP contribution in [0.1, 0.15) is 20.7 Å². The third-order valence-electron chi connectivity index (χ3n) is 4.58. The molecule has 0 saturated carbocycles. The Morgan fingerprint density at radius 1 is 0.833 bits per heavy atom. The fourth-order valence-corrected chi connectivity index (χ4v) is 4.33. The molecule has 0 fully saturated rings. The standard InChI is InChI=1S/C22H17N3O4S/c26-20(14-25-15-23-19-8-4-5-9-21(19)30(25,28)29)16-10-12-18(13-11-16)24-22(27)17-6-2-1-3-7-17/h1-13,15H,14H2,(H,24,27). The van der Waals surface area contributed by atoms with Crippen molar-refractivity contribution in [2.24, 2.45) is 4.99 Å². The van der Waals surface area contributed by atoms with E-state index in [1.165, 1.54) is 6.07 Å². The first kappa shape index (κ1) is 19.5. The molecule has 3 aromatic rings. The number of nitrogens with zero attached hydrogens (tertiary/aromatic N) is 2. The van der Waals surface area contributed by atoms with E-state index in [0.29, 0.717) is 22.5 Å². The number of para-hydroxylation sites is 1. The summed E-state index contributed by atoms with van der Waals surface area (Å²) in [6.07, 6.45) is 1.16. The molecule has 0 atom stereocenters. The van der Waals surface area contributed by atoms with E-state index in [0.717, 1.165) is 10.6 Å². The molecule has 1 N–H and O–H groups in total. The Hall–Kier alpha value is -3.78. The molecule has 0 bridgehead atoms. The Morgan fingerprint density at radius 2 is 1.50 bits per heavy atom. The number of rotatable bonds is 5. The number of Topliss-reactive ketones (excluding diaryl/α,β-unsaturated/α-hetero) is 1. The van der Waals surface area contributed by atoms with Crippen molar-refractivity contribution in [3.63, 3.8) is 0 Å². The van der Waals surface area contributed by atoms with E-state index in [1.54, 1.807) is 66.7 Å². The molecule has 7 nitrogen and oxygen atoms in total. The van der Waals surface area contributed by atoms with E-state index < -0.39 is 10.0 Å². The van der Waals surface area contributed by atoms with Crippen LogP contribution in [0.5, 0.6) is 0 Å². The first-order chi connectivity index (χ1) is 14.4. The van der Waals surface area contributed by atoms with Crippen molar-refractivity contribution in [1.82, 2.24) is 4.31 Å². The van der Waals surface area contributed by atoms with Crippen LogP contribution in [-0.4, -0.2) is 37.3 Å². The lowest BCUT2D eigenvalue weighted by Gasteiger charge is -2.23. The first-order valence-corrected chi connectivity index (χ1v) is 10.5. The average molecular weight is 419 g/mol. The summed E-state index contributed by atoms with van der Waals surface area (Å²) in [5.74, 6) is -0.644. The van der Waals surface area contributed by atoms with E-state index in [9.17, 15) is 18.0 Å². The van der Waals surface area contributed by atoms with Gasteiger partial charge in [-0.25, -0.2) is 17.7 Å². The van der Waals surface area contributed by atoms with E-state index >= 15 is 0 Å². The molecule has 0 aliphatic carbocycles. The van der Waals surface area contributed by atoms with Crippen molar-refractivity contribution in [2.75, 3.05) is 11.9 Å². The molecular formula is C22H17N3O4S. The number of nitrogens with one attached hydrogen (secondary N) is 1. The molecule has 3 aromatic carbocycles. The highest BCUT2D eigenvalue weighted by molar-refractivity contribution is 7.89. The second kappa shape index (κ2) is 7.92. The van der Waals surface area contributed by atoms with Gasteiger partial charge in [0.1, 0.15) is 11.2 Å². The molecule has 1 heterocycles. The van der Waals surface area contributed by atoms with E-state index in [-0.39, 0.29) is 23.1 Å². The lowest BCUT2D eigenvalue weighted by atomic mass is 10.1. The number of benzene rings is 3. The molecular weight excluding hydrogens is 402 g/mol. The van der Waals surface area contributed by atoms with Crippen LogP contribution in [0.3, 0.4) is 0 Å². The number of hydrogen-bond donors (Lipinski definition) is 1. The number of anilines is 1. The van der Waals surface area contributed by atoms with Gasteiger partial charge in [-0.05, 0) is 48.5 Å². The third kappa shape index (κ3) is 3.85. The Kier molecular flexibility index (Phi) is 5.16. The summed E-state index contributed by atoms with van der Waals surface area (Å²) in [6, 6.07) is 21.4. The molecule has 4 rings (SSSR count). The normalized spacial score (nSPS) is 14.1. The van der Waals surface area contributed by atoms with Gasteiger partial charge in [-0.3, -0.25) is 9.59 Å². The van der Waals surface area contributed by atoms with Crippen LogP contribution in [0.15, 0.2) is 88.8 Å². The summed E-state index contributed by atoms with van der Waals surface area (Å²) < 4.78 is 26.4. The van der Waals surface area contributed by atoms with Crippen LogP contribution in [-0.2, 0) is 10.0 Å². The number of aliphatic imine (C=N–C) groups is 1. The van der Waals surface area contributed by atoms with E-state index in [2.05, 4.69) is 10.3 Å². The minimum atomic E-state index is -3.83. The minimum Gasteiger partial charge on any atom is -0.322 e. The summed E-state index contributed by atoms with van der Waals surface area (Å²) in [6.45, 7) is -0.365. The zero-order valence-corrected chi connectivity index (χ0v) is 16.5. The van der Waals surface area contributed by atoms with Gasteiger partial charge in [0.25, 0.3) is 15.9 Å². The molecule has 0 radical (unpaired) electrons. The topological polar surface area (TPSA) is 95.9 Å². The summed E-state index contributed by atoms with van der Waals surface area (Å²) in [4.78, 5) is 29.0. The molecule has 0 saturated heterocycles. The second-order valence-electron chi connectivity index (χ2n) is 6.58. The van der Waals surface area contributed by atoms with Gasteiger partial charge >= 0.3 is 0 Å². The smallest absolute Gasteiger partial charge is 0.267 e. The lowest BCUT2D eigenvalue weighted by Crippen LogP contribution is -2.36. The molecule has 1 aliphatic rings. The van der Waals surface area contributed by atoms with E-state index in [1.807, 2.05) is 6.07 Å². The van der Waals surface area contributed by atoms with Gasteiger partial charge in [0, 0.05) is 16.8 Å². The van der Waals surface area contributed by atoms with Gasteiger partial charge in [-0.2, -0.15) is 0 Å². The quantitative estimate of drug-likeness (QED) is 0.641. The maximum atomic E-state index is 12.7. The molecule has 1 amide bonds. The van der Waals surface area contributed by atoms with Crippen molar-refractivity contribution in [1.29, 1.82) is 0 Å². The van der Waals surface area contributed by atoms with Crippen LogP contribution >= 0.6 is 0 Å². The highest BCUT2D eigenvalue weighted by Crippen LogP contribution is 2.29. The van der Waals surface area contributed by atoms with Gasteiger partial charge in [0.05, 0.1) is 12.2 Å². The largest absolute Gasteiger partial charge is 0.322 e. The lowest BCUT2D eigenvalue weighted by molar-refractivity contribution is 0.0980. The first-order valence-electron chi connectivity index (χ1n) is 9.10. The fourth-order valence-electron chi connectivity index (χ4n) is 2.99. The number of sulfonamides is 1. The SMILES string of the molecule is O=C(CN1C=Nc2ccccc2S1(=O)=O)c1ccc(NC(=O)c2ccccc2)cc1. The number of fused-ring (bicyclic) bond motifs is 1. The van der Waals surface area contributed by atoms with Gasteiger partial charge in [-0.1, -0.05) is 30.3 Å². The molecule has 8 heteroatoms. The average Bonchev–Trinajstić information content (AvgIpc) is 2.77. The summed E-state index contributed by atoms with van der Waals surface area (Å²) in [5.41, 5.74) is 1.73. The van der Waals surface area contributed by atoms with Gasteiger partial charge in [-0.15, -0.1) is 0 Å². The van der Waals surface area contributed by atoms with Crippen LogP contribution in [0.2, 0.25) is 0 Å². The highest BCUT2D eigenvalue weighted by atomic mass is 32.2. The minimum absolute atomic E-state index is 0.0688. The Morgan fingerprint density at radius 3 is 2.23 bits per heavy atom. The van der Waals surface area contributed by atoms with Gasteiger partial charge < -0.3 is 5.32 Å². The molecule has 0 aromatic heterocycles. The summed E-state index contributed by atoms with van der Waals surface area (Å²) in [5, 5.41) is 2.75. The van der Waals surface area contributed by atoms with Crippen LogP contribution in [0, 0.1) is 0 Å². The predicted octanol–water partition coefficient (Wildman–Crippen LogP) is 3.49. The molecule has 150 valence electrons. The number of carbonyl (C=O) groups is 2. The van der Waals surface area contributed by atoms with Crippen LogP contribution in [0.25, 0.3) is 0 Å². The van der Waals surface area contributed by atoms with Crippen LogP contribution < -0.4 is 5.32 Å². The highest BCUT2D eigenvalue weighted by Gasteiger charge is 2.30. The Bertz CT molecular complexity index is 1240. The summed E-state index contributed by atoms with van der Waals surface area (Å²) in [7, 11) is -3.83. The van der Waals surface area contributed by atoms with Crippen molar-refractivity contribution < 1.29 is 18.0 Å². The predicted molar refractivity (Wildman–Crippen MR) is 114 cm³/mol. The number of amides is 1. The van der Waals surface area contributed by atoms with E-state index in [4.69, 9.17) is 0 Å². The zero-order chi connectivity index (χ0) is 21.1. The fraction of sp³-hybridized carbons (Fsp3) is 0.0455. The Labute approximate surface area is 173 Å². The maximum Gasteiger partial charge on any atom is 0.267 e. The van der Waals surface area contributed by atoms with Crippen molar-refractivity contribution in [2.45, 2.75) is 4.90 Å². The van der Waals surface area contributed by atoms with Crippen LogP contribution in [0.4, 0.5) is 11.4 Å². The number of carbonyl (C=O) groups excluding carboxylic acids is 2.